The first-order valence-electron chi connectivity index (χ1n) is 17.7. The zero-order valence-electron chi connectivity index (χ0n) is 29.5. The fraction of sp³-hybridized carbons (Fsp3) is 0.462. The van der Waals surface area contributed by atoms with E-state index in [2.05, 4.69) is 5.32 Å². The largest absolute Gasteiger partial charge is 0.493 e. The van der Waals surface area contributed by atoms with E-state index in [4.69, 9.17) is 37.9 Å². The number of benzene rings is 3. The highest BCUT2D eigenvalue weighted by molar-refractivity contribution is 5.93. The summed E-state index contributed by atoms with van der Waals surface area (Å²) in [4.78, 5) is 43.4. The molecule has 2 fully saturated rings. The van der Waals surface area contributed by atoms with Gasteiger partial charge in [0.1, 0.15) is 6.10 Å². The molecule has 13 nitrogen and oxygen atoms in total. The summed E-state index contributed by atoms with van der Waals surface area (Å²) in [5, 5.41) is 3.38. The molecule has 4 aliphatic heterocycles. The number of piperidine rings is 1. The van der Waals surface area contributed by atoms with Crippen molar-refractivity contribution in [1.82, 2.24) is 5.32 Å². The Hall–Kier alpha value is -5.17. The predicted octanol–water partition coefficient (Wildman–Crippen LogP) is 5.09. The number of fused-ring (bicyclic) bond motifs is 6. The Kier molecular flexibility index (Phi) is 8.98. The molecule has 2 saturated heterocycles. The van der Waals surface area contributed by atoms with Gasteiger partial charge in [0.2, 0.25) is 12.5 Å². The molecule has 5 aliphatic rings. The van der Waals surface area contributed by atoms with E-state index in [0.717, 1.165) is 35.2 Å². The van der Waals surface area contributed by atoms with Crippen molar-refractivity contribution in [2.75, 3.05) is 59.3 Å². The molecule has 0 aromatic heterocycles. The Morgan fingerprint density at radius 3 is 2.33 bits per heavy atom. The molecule has 7 atom stereocenters. The number of carbonyl (C=O) groups excluding carboxylic acids is 3. The topological polar surface area (TPSA) is 140 Å². The van der Waals surface area contributed by atoms with Crippen molar-refractivity contribution in [3.8, 4) is 28.7 Å². The summed E-state index contributed by atoms with van der Waals surface area (Å²) in [6, 6.07) is 14.7. The first-order chi connectivity index (χ1) is 25.4. The molecule has 52 heavy (non-hydrogen) atoms. The highest BCUT2D eigenvalue weighted by Crippen LogP contribution is 2.57. The number of nitrogens with one attached hydrogen (secondary N) is 1. The van der Waals surface area contributed by atoms with Crippen LogP contribution in [0.15, 0.2) is 48.5 Å². The van der Waals surface area contributed by atoms with Crippen LogP contribution in [0.2, 0.25) is 0 Å². The smallest absolute Gasteiger partial charge is 0.414 e. The highest BCUT2D eigenvalue weighted by atomic mass is 16.7. The monoisotopic (exact) mass is 714 g/mol. The van der Waals surface area contributed by atoms with Gasteiger partial charge in [-0.3, -0.25) is 14.5 Å². The van der Waals surface area contributed by atoms with Crippen LogP contribution in [0.4, 0.5) is 10.5 Å². The first-order valence-corrected chi connectivity index (χ1v) is 17.7. The zero-order chi connectivity index (χ0) is 36.1. The molecule has 7 unspecified atom stereocenters. The summed E-state index contributed by atoms with van der Waals surface area (Å²) in [7, 11) is 4.61. The van der Waals surface area contributed by atoms with Gasteiger partial charge < -0.3 is 43.2 Å². The number of rotatable bonds is 9. The van der Waals surface area contributed by atoms with E-state index in [1.807, 2.05) is 55.5 Å². The summed E-state index contributed by atoms with van der Waals surface area (Å²) in [6.45, 7) is 3.31. The van der Waals surface area contributed by atoms with Gasteiger partial charge >= 0.3 is 18.0 Å². The zero-order valence-corrected chi connectivity index (χ0v) is 29.5. The van der Waals surface area contributed by atoms with Crippen LogP contribution in [0.5, 0.6) is 28.7 Å². The van der Waals surface area contributed by atoms with Crippen LogP contribution in [0.1, 0.15) is 60.0 Å². The lowest BCUT2D eigenvalue weighted by Gasteiger charge is -2.40. The van der Waals surface area contributed by atoms with Crippen molar-refractivity contribution in [3.63, 3.8) is 0 Å². The predicted molar refractivity (Wildman–Crippen MR) is 185 cm³/mol. The van der Waals surface area contributed by atoms with Gasteiger partial charge in [-0.2, -0.15) is 0 Å². The number of carbonyl (C=O) groups is 3. The number of nitrogens with zero attached hydrogens (tertiary/aromatic N) is 1. The number of esters is 2. The molecule has 13 heteroatoms. The van der Waals surface area contributed by atoms with Gasteiger partial charge in [-0.05, 0) is 53.4 Å². The number of hydrogen-bond acceptors (Lipinski definition) is 12. The van der Waals surface area contributed by atoms with E-state index in [-0.39, 0.29) is 25.4 Å². The second-order valence-corrected chi connectivity index (χ2v) is 13.7. The van der Waals surface area contributed by atoms with Gasteiger partial charge in [-0.15, -0.1) is 0 Å². The van der Waals surface area contributed by atoms with Crippen LogP contribution in [0, 0.1) is 17.8 Å². The van der Waals surface area contributed by atoms with Gasteiger partial charge in [0, 0.05) is 36.4 Å². The number of cyclic esters (lactones) is 1. The van der Waals surface area contributed by atoms with Crippen molar-refractivity contribution in [3.05, 3.63) is 70.8 Å². The lowest BCUT2D eigenvalue weighted by molar-refractivity contribution is -0.161. The summed E-state index contributed by atoms with van der Waals surface area (Å²) in [6.07, 6.45) is 0.405. The normalized spacial score (nSPS) is 26.3. The van der Waals surface area contributed by atoms with Crippen molar-refractivity contribution in [2.24, 2.45) is 17.8 Å². The Labute approximate surface area is 301 Å². The Bertz CT molecular complexity index is 1870. The maximum Gasteiger partial charge on any atom is 0.414 e. The van der Waals surface area contributed by atoms with Crippen LogP contribution in [0.3, 0.4) is 0 Å². The van der Waals surface area contributed by atoms with Gasteiger partial charge in [-0.25, -0.2) is 4.79 Å². The fourth-order valence-electron chi connectivity index (χ4n) is 8.75. The second kappa shape index (κ2) is 13.8. The molecular weight excluding hydrogens is 672 g/mol. The third-order valence-corrected chi connectivity index (χ3v) is 11.1. The average molecular weight is 715 g/mol. The van der Waals surface area contributed by atoms with Gasteiger partial charge in [0.05, 0.1) is 58.1 Å². The quantitative estimate of drug-likeness (QED) is 0.179. The van der Waals surface area contributed by atoms with Crippen molar-refractivity contribution < 1.29 is 52.3 Å². The number of unbranched alkanes of at least 4 members (excludes halogenated alkanes) is 1. The van der Waals surface area contributed by atoms with Crippen LogP contribution < -0.4 is 33.9 Å². The van der Waals surface area contributed by atoms with Gasteiger partial charge in [-0.1, -0.05) is 31.5 Å². The molecule has 0 spiro atoms. The molecule has 1 aliphatic carbocycles. The second-order valence-electron chi connectivity index (χ2n) is 13.7. The highest BCUT2D eigenvalue weighted by Gasteiger charge is 2.56. The van der Waals surface area contributed by atoms with Crippen LogP contribution >= 0.6 is 0 Å². The molecular formula is C39H42N2O11. The standard InChI is InChI=1S/C39H42N2O11/c1-5-6-11-48-39(44)41-26-10-8-7-9-21(26)33-24(16-40-17-27(33)41)37(42)52-35-23-15-29-28(50-19-51-29)14-22(23)32(34-25(35)18-49-38(34)43)20-12-30(45-2)36(47-4)31(13-20)46-3/h7-10,12-15,24-25,27,32-35,40H,5-6,11,16-19H2,1-4H3. The first kappa shape index (κ1) is 33.9. The van der Waals surface area contributed by atoms with Crippen LogP contribution in [-0.4, -0.2) is 78.5 Å². The van der Waals surface area contributed by atoms with E-state index in [9.17, 15) is 14.4 Å². The lowest BCUT2D eigenvalue weighted by atomic mass is 9.66. The van der Waals surface area contributed by atoms with Crippen LogP contribution in [-0.2, 0) is 23.8 Å². The van der Waals surface area contributed by atoms with E-state index in [1.165, 1.54) is 21.3 Å². The minimum atomic E-state index is -0.834. The molecule has 8 rings (SSSR count). The number of para-hydroxylation sites is 1. The van der Waals surface area contributed by atoms with E-state index in [1.54, 1.807) is 4.90 Å². The molecule has 1 N–H and O–H groups in total. The van der Waals surface area contributed by atoms with E-state index < -0.39 is 47.8 Å². The lowest BCUT2D eigenvalue weighted by Crippen LogP contribution is -2.54. The molecule has 274 valence electrons. The number of hydrogen-bond donors (Lipinski definition) is 1. The van der Waals surface area contributed by atoms with Crippen molar-refractivity contribution in [1.29, 1.82) is 0 Å². The number of amides is 1. The molecule has 0 saturated carbocycles. The average Bonchev–Trinajstić information content (AvgIpc) is 3.88. The Morgan fingerprint density at radius 1 is 0.885 bits per heavy atom. The third kappa shape index (κ3) is 5.44. The summed E-state index contributed by atoms with van der Waals surface area (Å²) < 4.78 is 46.5. The maximum atomic E-state index is 14.6. The molecule has 0 radical (unpaired) electrons. The molecule has 1 amide bonds. The van der Waals surface area contributed by atoms with Crippen molar-refractivity contribution in [2.45, 2.75) is 43.7 Å². The summed E-state index contributed by atoms with van der Waals surface area (Å²) >= 11 is 0. The minimum Gasteiger partial charge on any atom is -0.493 e. The third-order valence-electron chi connectivity index (χ3n) is 11.1. The Balaban J connectivity index is 1.17. The molecule has 0 bridgehead atoms. The number of anilines is 1. The van der Waals surface area contributed by atoms with Crippen LogP contribution in [0.25, 0.3) is 0 Å². The van der Waals surface area contributed by atoms with Gasteiger partial charge in [0.15, 0.2) is 23.0 Å². The van der Waals surface area contributed by atoms with Crippen molar-refractivity contribution >= 4 is 23.7 Å². The molecule has 3 aromatic carbocycles. The SMILES string of the molecule is CCCCOC(=O)N1c2ccccc2C2C(C(=O)OC3c4cc5c(cc4C(c4cc(OC)c(OC)c(OC)c4)C4C(=O)OCC34)OCO5)CNCC21. The van der Waals surface area contributed by atoms with Gasteiger partial charge in [0.25, 0.3) is 0 Å². The number of methoxy groups -OCH3 is 3. The summed E-state index contributed by atoms with van der Waals surface area (Å²) in [5.41, 5.74) is 3.81. The van der Waals surface area contributed by atoms with E-state index >= 15 is 0 Å². The fourth-order valence-corrected chi connectivity index (χ4v) is 8.75. The minimum absolute atomic E-state index is 0.0417. The van der Waals surface area contributed by atoms with E-state index in [0.29, 0.717) is 54.0 Å². The summed E-state index contributed by atoms with van der Waals surface area (Å²) in [5.74, 6) is -1.17. The Morgan fingerprint density at radius 2 is 1.62 bits per heavy atom. The molecule has 3 aromatic rings. The number of ether oxygens (including phenoxy) is 8. The molecule has 4 heterocycles. The maximum absolute atomic E-state index is 14.6.